The lowest BCUT2D eigenvalue weighted by atomic mass is 9.86. The summed E-state index contributed by atoms with van der Waals surface area (Å²) in [5.41, 5.74) is 0.306. The lowest BCUT2D eigenvalue weighted by Crippen LogP contribution is -2.32. The Balaban J connectivity index is 3.13. The number of unbranched alkanes of at least 4 members (excludes halogenated alkanes) is 1. The third-order valence-corrected chi connectivity index (χ3v) is 4.19. The van der Waals surface area contributed by atoms with Crippen molar-refractivity contribution < 1.29 is 19.4 Å². The smallest absolute Gasteiger partial charge is 0.339 e. The van der Waals surface area contributed by atoms with E-state index in [1.165, 1.54) is 12.1 Å². The molecular formula is C18H25ClO4. The van der Waals surface area contributed by atoms with Gasteiger partial charge < -0.3 is 9.84 Å². The fourth-order valence-electron chi connectivity index (χ4n) is 2.28. The van der Waals surface area contributed by atoms with E-state index in [-0.39, 0.29) is 22.6 Å². The van der Waals surface area contributed by atoms with Crippen molar-refractivity contribution in [2.75, 3.05) is 0 Å². The van der Waals surface area contributed by atoms with Crippen molar-refractivity contribution in [3.05, 3.63) is 33.8 Å². The van der Waals surface area contributed by atoms with Crippen molar-refractivity contribution in [1.82, 2.24) is 0 Å². The minimum atomic E-state index is -1.17. The van der Waals surface area contributed by atoms with Crippen molar-refractivity contribution in [3.8, 4) is 0 Å². The quantitative estimate of drug-likeness (QED) is 0.731. The highest BCUT2D eigenvalue weighted by molar-refractivity contribution is 6.32. The van der Waals surface area contributed by atoms with Gasteiger partial charge in [0, 0.05) is 5.02 Å². The summed E-state index contributed by atoms with van der Waals surface area (Å²) in [4.78, 5) is 23.9. The number of aromatic carboxylic acids is 1. The molecule has 4 nitrogen and oxygen atoms in total. The Hall–Kier alpha value is -1.55. The second kappa shape index (κ2) is 7.82. The number of rotatable bonds is 6. The van der Waals surface area contributed by atoms with E-state index in [0.29, 0.717) is 10.6 Å². The van der Waals surface area contributed by atoms with Crippen molar-refractivity contribution >= 4 is 23.5 Å². The van der Waals surface area contributed by atoms with Crippen LogP contribution in [0.3, 0.4) is 0 Å². The number of aryl methyl sites for hydroxylation is 1. The van der Waals surface area contributed by atoms with Crippen LogP contribution >= 0.6 is 11.6 Å². The van der Waals surface area contributed by atoms with Crippen molar-refractivity contribution in [2.45, 2.75) is 60.0 Å². The minimum Gasteiger partial charge on any atom is -0.478 e. The molecule has 0 aliphatic heterocycles. The Kier molecular flexibility index (Phi) is 6.63. The van der Waals surface area contributed by atoms with E-state index < -0.39 is 11.9 Å². The SMILES string of the molecule is CCCCC(OC(=O)c1cc(Cl)c(C)cc1C(=O)O)C(C)(C)C. The van der Waals surface area contributed by atoms with Crippen LogP contribution in [0.25, 0.3) is 0 Å². The number of esters is 1. The molecule has 5 heteroatoms. The standard InChI is InChI=1S/C18H25ClO4/c1-6-7-8-15(18(3,4)5)23-17(22)13-10-14(19)11(2)9-12(13)16(20)21/h9-10,15H,6-8H2,1-5H3,(H,20,21). The molecule has 0 aromatic heterocycles. The van der Waals surface area contributed by atoms with Gasteiger partial charge in [0.05, 0.1) is 11.1 Å². The number of carbonyl (C=O) groups excluding carboxylic acids is 1. The van der Waals surface area contributed by atoms with E-state index >= 15 is 0 Å². The second-order valence-electron chi connectivity index (χ2n) is 6.85. The zero-order chi connectivity index (χ0) is 17.8. The maximum Gasteiger partial charge on any atom is 0.339 e. The van der Waals surface area contributed by atoms with Crippen LogP contribution < -0.4 is 0 Å². The highest BCUT2D eigenvalue weighted by Crippen LogP contribution is 2.29. The Labute approximate surface area is 142 Å². The molecule has 0 bridgehead atoms. The van der Waals surface area contributed by atoms with Gasteiger partial charge in [-0.25, -0.2) is 9.59 Å². The number of carboxylic acid groups (broad SMARTS) is 1. The summed E-state index contributed by atoms with van der Waals surface area (Å²) in [7, 11) is 0. The first-order valence-electron chi connectivity index (χ1n) is 7.82. The summed E-state index contributed by atoms with van der Waals surface area (Å²) in [6.45, 7) is 9.77. The van der Waals surface area contributed by atoms with E-state index in [2.05, 4.69) is 6.92 Å². The third kappa shape index (κ3) is 5.24. The van der Waals surface area contributed by atoms with Crippen LogP contribution in [0.2, 0.25) is 5.02 Å². The lowest BCUT2D eigenvalue weighted by molar-refractivity contribution is -0.00696. The lowest BCUT2D eigenvalue weighted by Gasteiger charge is -2.30. The first-order chi connectivity index (χ1) is 10.6. The zero-order valence-electron chi connectivity index (χ0n) is 14.4. The molecule has 0 aliphatic rings. The summed E-state index contributed by atoms with van der Waals surface area (Å²) in [5.74, 6) is -1.81. The highest BCUT2D eigenvalue weighted by atomic mass is 35.5. The van der Waals surface area contributed by atoms with Crippen LogP contribution in [0.4, 0.5) is 0 Å². The van der Waals surface area contributed by atoms with Gasteiger partial charge in [0.2, 0.25) is 0 Å². The highest BCUT2D eigenvalue weighted by Gasteiger charge is 2.30. The van der Waals surface area contributed by atoms with Gasteiger partial charge in [0.1, 0.15) is 6.10 Å². The molecule has 0 heterocycles. The molecule has 128 valence electrons. The molecule has 1 N–H and O–H groups in total. The van der Waals surface area contributed by atoms with E-state index in [9.17, 15) is 14.7 Å². The van der Waals surface area contributed by atoms with Gasteiger partial charge >= 0.3 is 11.9 Å². The molecule has 23 heavy (non-hydrogen) atoms. The molecule has 0 saturated carbocycles. The van der Waals surface area contributed by atoms with E-state index in [1.54, 1.807) is 6.92 Å². The molecule has 0 amide bonds. The second-order valence-corrected chi connectivity index (χ2v) is 7.26. The summed E-state index contributed by atoms with van der Waals surface area (Å²) in [6.07, 6.45) is 2.40. The molecule has 0 spiro atoms. The molecule has 0 aliphatic carbocycles. The maximum atomic E-state index is 12.5. The molecule has 1 unspecified atom stereocenters. The largest absolute Gasteiger partial charge is 0.478 e. The number of hydrogen-bond donors (Lipinski definition) is 1. The fraction of sp³-hybridized carbons (Fsp3) is 0.556. The van der Waals surface area contributed by atoms with Crippen molar-refractivity contribution in [3.63, 3.8) is 0 Å². The monoisotopic (exact) mass is 340 g/mol. The Bertz CT molecular complexity index is 587. The third-order valence-electron chi connectivity index (χ3n) is 3.78. The summed E-state index contributed by atoms with van der Waals surface area (Å²) >= 11 is 6.04. The number of carboxylic acids is 1. The van der Waals surface area contributed by atoms with Gasteiger partial charge in [0.25, 0.3) is 0 Å². The first-order valence-corrected chi connectivity index (χ1v) is 8.20. The molecule has 1 aromatic carbocycles. The number of ether oxygens (including phenoxy) is 1. The van der Waals surface area contributed by atoms with Gasteiger partial charge in [-0.15, -0.1) is 0 Å². The summed E-state index contributed by atoms with van der Waals surface area (Å²) in [6, 6.07) is 2.78. The van der Waals surface area contributed by atoms with Crippen molar-refractivity contribution in [1.29, 1.82) is 0 Å². The van der Waals surface area contributed by atoms with E-state index in [1.807, 2.05) is 20.8 Å². The summed E-state index contributed by atoms with van der Waals surface area (Å²) < 4.78 is 5.63. The molecule has 1 atom stereocenters. The topological polar surface area (TPSA) is 63.6 Å². The average molecular weight is 341 g/mol. The predicted molar refractivity (Wildman–Crippen MR) is 91.3 cm³/mol. The molecule has 1 aromatic rings. The Morgan fingerprint density at radius 2 is 1.87 bits per heavy atom. The molecule has 0 saturated heterocycles. The molecular weight excluding hydrogens is 316 g/mol. The summed E-state index contributed by atoms with van der Waals surface area (Å²) in [5, 5.41) is 9.66. The van der Waals surface area contributed by atoms with Crippen LogP contribution in [-0.4, -0.2) is 23.1 Å². The van der Waals surface area contributed by atoms with Gasteiger partial charge in [-0.05, 0) is 36.5 Å². The average Bonchev–Trinajstić information content (AvgIpc) is 2.44. The number of carbonyl (C=O) groups is 2. The fourth-order valence-corrected chi connectivity index (χ4v) is 2.44. The van der Waals surface area contributed by atoms with Crippen LogP contribution in [0.5, 0.6) is 0 Å². The Morgan fingerprint density at radius 1 is 1.26 bits per heavy atom. The molecule has 0 radical (unpaired) electrons. The van der Waals surface area contributed by atoms with Gasteiger partial charge in [-0.3, -0.25) is 0 Å². The molecule has 1 rings (SSSR count). The maximum absolute atomic E-state index is 12.5. The normalized spacial score (nSPS) is 12.8. The first kappa shape index (κ1) is 19.5. The number of halogens is 1. The number of benzene rings is 1. The van der Waals surface area contributed by atoms with E-state index in [4.69, 9.17) is 16.3 Å². The Morgan fingerprint density at radius 3 is 2.35 bits per heavy atom. The van der Waals surface area contributed by atoms with Crippen LogP contribution in [0, 0.1) is 12.3 Å². The van der Waals surface area contributed by atoms with Gasteiger partial charge in [-0.2, -0.15) is 0 Å². The molecule has 0 fully saturated rings. The minimum absolute atomic E-state index is 0.00107. The van der Waals surface area contributed by atoms with Crippen LogP contribution in [0.15, 0.2) is 12.1 Å². The van der Waals surface area contributed by atoms with Crippen molar-refractivity contribution in [2.24, 2.45) is 5.41 Å². The van der Waals surface area contributed by atoms with Gasteiger partial charge in [0.15, 0.2) is 0 Å². The predicted octanol–water partition coefficient (Wildman–Crippen LogP) is 5.11. The van der Waals surface area contributed by atoms with Gasteiger partial charge in [-0.1, -0.05) is 52.1 Å². The van der Waals surface area contributed by atoms with Crippen LogP contribution in [-0.2, 0) is 4.74 Å². The van der Waals surface area contributed by atoms with E-state index in [0.717, 1.165) is 19.3 Å². The number of hydrogen-bond acceptors (Lipinski definition) is 3. The van der Waals surface area contributed by atoms with Crippen LogP contribution in [0.1, 0.15) is 73.2 Å². The zero-order valence-corrected chi connectivity index (χ0v) is 15.2.